The van der Waals surface area contributed by atoms with E-state index in [9.17, 15) is 13.2 Å². The molecule has 4 nitrogen and oxygen atoms in total. The lowest BCUT2D eigenvalue weighted by molar-refractivity contribution is -0.132. The van der Waals surface area contributed by atoms with Gasteiger partial charge in [0.05, 0.1) is 0 Å². The van der Waals surface area contributed by atoms with Crippen LogP contribution in [-0.4, -0.2) is 35.7 Å². The summed E-state index contributed by atoms with van der Waals surface area (Å²) in [5.41, 5.74) is 0.991. The molecule has 2 rings (SSSR count). The number of nitrogens with zero attached hydrogens (tertiary/aromatic N) is 1. The van der Waals surface area contributed by atoms with Crippen molar-refractivity contribution in [2.45, 2.75) is 24.5 Å². The van der Waals surface area contributed by atoms with Gasteiger partial charge in [0.1, 0.15) is 0 Å². The second kappa shape index (κ2) is 4.83. The number of rotatable bonds is 4. The summed E-state index contributed by atoms with van der Waals surface area (Å²) >= 11 is 4.26. The summed E-state index contributed by atoms with van der Waals surface area (Å²) in [7, 11) is -3.51. The molecule has 1 aromatic rings. The molecule has 1 amide bonds. The number of carbonyl (C=O) groups is 1. The molecule has 19 heavy (non-hydrogen) atoms. The first-order valence-electron chi connectivity index (χ1n) is 6.05. The van der Waals surface area contributed by atoms with Crippen molar-refractivity contribution < 1.29 is 13.2 Å². The van der Waals surface area contributed by atoms with Crippen LogP contribution in [0.25, 0.3) is 0 Å². The average Bonchev–Trinajstić information content (AvgIpc) is 2.39. The number of carbonyl (C=O) groups excluding carboxylic acids is 1. The van der Waals surface area contributed by atoms with Crippen molar-refractivity contribution in [1.29, 1.82) is 0 Å². The van der Waals surface area contributed by atoms with E-state index in [4.69, 9.17) is 0 Å². The zero-order valence-electron chi connectivity index (χ0n) is 10.9. The average molecular weight is 299 g/mol. The van der Waals surface area contributed by atoms with E-state index in [0.29, 0.717) is 5.75 Å². The monoisotopic (exact) mass is 299 g/mol. The minimum Gasteiger partial charge on any atom is -0.272 e. The molecule has 1 atom stereocenters. The first kappa shape index (κ1) is 14.4. The molecule has 0 spiro atoms. The maximum absolute atomic E-state index is 12.0. The van der Waals surface area contributed by atoms with Crippen molar-refractivity contribution >= 4 is 28.6 Å². The molecule has 0 aromatic heterocycles. The Morgan fingerprint density at radius 1 is 1.26 bits per heavy atom. The molecule has 6 heteroatoms. The number of thiol groups is 1. The normalized spacial score (nSPS) is 21.8. The Morgan fingerprint density at radius 2 is 1.84 bits per heavy atom. The molecule has 1 unspecified atom stereocenters. The predicted molar refractivity (Wildman–Crippen MR) is 77.7 cm³/mol. The molecular weight excluding hydrogens is 282 g/mol. The fraction of sp³-hybridized carbons (Fsp3) is 0.462. The Hall–Kier alpha value is -1.01. The van der Waals surface area contributed by atoms with E-state index >= 15 is 0 Å². The van der Waals surface area contributed by atoms with Crippen molar-refractivity contribution in [3.63, 3.8) is 0 Å². The largest absolute Gasteiger partial charge is 0.272 e. The van der Waals surface area contributed by atoms with Crippen molar-refractivity contribution in [3.05, 3.63) is 35.9 Å². The van der Waals surface area contributed by atoms with Crippen molar-refractivity contribution in [1.82, 2.24) is 4.31 Å². The van der Waals surface area contributed by atoms with Crippen LogP contribution in [-0.2, 0) is 14.8 Å². The highest BCUT2D eigenvalue weighted by atomic mass is 32.2. The van der Waals surface area contributed by atoms with Crippen molar-refractivity contribution in [2.75, 3.05) is 12.3 Å². The Bertz CT molecular complexity index is 581. The summed E-state index contributed by atoms with van der Waals surface area (Å²) in [6, 6.07) is 9.52. The topological polar surface area (TPSA) is 54.5 Å². The highest BCUT2D eigenvalue weighted by Gasteiger charge is 2.60. The summed E-state index contributed by atoms with van der Waals surface area (Å²) in [5, 5.41) is 0. The highest BCUT2D eigenvalue weighted by molar-refractivity contribution is 7.94. The maximum Gasteiger partial charge on any atom is 0.258 e. The van der Waals surface area contributed by atoms with Gasteiger partial charge in [-0.1, -0.05) is 30.3 Å². The molecule has 1 saturated heterocycles. The predicted octanol–water partition coefficient (Wildman–Crippen LogP) is 1.65. The third kappa shape index (κ3) is 2.17. The Kier molecular flexibility index (Phi) is 3.66. The van der Waals surface area contributed by atoms with Gasteiger partial charge in [-0.3, -0.25) is 4.79 Å². The highest BCUT2D eigenvalue weighted by Crippen LogP contribution is 2.36. The molecule has 0 saturated carbocycles. The van der Waals surface area contributed by atoms with Crippen LogP contribution >= 0.6 is 12.6 Å². The molecule has 0 bridgehead atoms. The van der Waals surface area contributed by atoms with E-state index in [1.165, 1.54) is 13.8 Å². The summed E-state index contributed by atoms with van der Waals surface area (Å²) in [5.74, 6) is 0.0681. The number of amides is 1. The molecular formula is C13H17NO3S2. The van der Waals surface area contributed by atoms with Crippen LogP contribution in [0.2, 0.25) is 0 Å². The number of benzene rings is 1. The zero-order valence-corrected chi connectivity index (χ0v) is 12.6. The van der Waals surface area contributed by atoms with E-state index in [1.54, 1.807) is 0 Å². The lowest BCUT2D eigenvalue weighted by Crippen LogP contribution is -2.67. The molecule has 0 radical (unpaired) electrons. The molecule has 1 heterocycles. The fourth-order valence-corrected chi connectivity index (χ4v) is 4.03. The van der Waals surface area contributed by atoms with Gasteiger partial charge in [0.25, 0.3) is 15.9 Å². The molecule has 1 aromatic carbocycles. The molecule has 1 aliphatic heterocycles. The van der Waals surface area contributed by atoms with Crippen LogP contribution in [0.1, 0.15) is 25.3 Å². The zero-order chi connectivity index (χ0) is 14.3. The second-order valence-corrected chi connectivity index (χ2v) is 7.92. The van der Waals surface area contributed by atoms with Gasteiger partial charge in [0.2, 0.25) is 0 Å². The standard InChI is InChI=1S/C13H17NO3S2/c1-13(2)12(15)14(19(13,16)17)8-11(9-18)10-6-4-3-5-7-10/h3-7,11,18H,8-9H2,1-2H3. The Balaban J connectivity index is 2.20. The van der Waals surface area contributed by atoms with Gasteiger partial charge in [-0.25, -0.2) is 12.7 Å². The molecule has 104 valence electrons. The number of hydrogen-bond donors (Lipinski definition) is 1. The van der Waals surface area contributed by atoms with Crippen LogP contribution in [0.4, 0.5) is 0 Å². The Morgan fingerprint density at radius 3 is 2.32 bits per heavy atom. The van der Waals surface area contributed by atoms with E-state index in [1.807, 2.05) is 30.3 Å². The van der Waals surface area contributed by atoms with Crippen molar-refractivity contribution in [3.8, 4) is 0 Å². The van der Waals surface area contributed by atoms with Gasteiger partial charge in [0, 0.05) is 12.5 Å². The van der Waals surface area contributed by atoms with Gasteiger partial charge in [-0.05, 0) is 25.2 Å². The third-order valence-electron chi connectivity index (χ3n) is 3.55. The van der Waals surface area contributed by atoms with E-state index in [2.05, 4.69) is 12.6 Å². The third-order valence-corrected chi connectivity index (χ3v) is 6.35. The van der Waals surface area contributed by atoms with Crippen LogP contribution in [0, 0.1) is 0 Å². The number of hydrogen-bond acceptors (Lipinski definition) is 4. The van der Waals surface area contributed by atoms with E-state index in [-0.39, 0.29) is 18.4 Å². The van der Waals surface area contributed by atoms with Crippen LogP contribution in [0.5, 0.6) is 0 Å². The van der Waals surface area contributed by atoms with Gasteiger partial charge in [-0.15, -0.1) is 0 Å². The first-order chi connectivity index (χ1) is 8.82. The first-order valence-corrected chi connectivity index (χ1v) is 8.12. The van der Waals surface area contributed by atoms with Gasteiger partial charge in [0.15, 0.2) is 4.75 Å². The molecule has 1 aliphatic rings. The van der Waals surface area contributed by atoms with Crippen LogP contribution in [0.15, 0.2) is 30.3 Å². The summed E-state index contributed by atoms with van der Waals surface area (Å²) in [4.78, 5) is 11.9. The van der Waals surface area contributed by atoms with E-state index in [0.717, 1.165) is 9.87 Å². The van der Waals surface area contributed by atoms with Gasteiger partial charge >= 0.3 is 0 Å². The maximum atomic E-state index is 12.0. The lowest BCUT2D eigenvalue weighted by Gasteiger charge is -2.44. The minimum atomic E-state index is -3.51. The van der Waals surface area contributed by atoms with Gasteiger partial charge < -0.3 is 0 Å². The van der Waals surface area contributed by atoms with E-state index < -0.39 is 14.8 Å². The smallest absolute Gasteiger partial charge is 0.258 e. The lowest BCUT2D eigenvalue weighted by atomic mass is 10.0. The summed E-state index contributed by atoms with van der Waals surface area (Å²) in [6.07, 6.45) is 0. The fourth-order valence-electron chi connectivity index (χ4n) is 2.13. The second-order valence-electron chi connectivity index (χ2n) is 5.14. The Labute approximate surface area is 119 Å². The summed E-state index contributed by atoms with van der Waals surface area (Å²) < 4.78 is 23.8. The quantitative estimate of drug-likeness (QED) is 0.860. The molecule has 0 aliphatic carbocycles. The molecule has 0 N–H and O–H groups in total. The van der Waals surface area contributed by atoms with Gasteiger partial charge in [-0.2, -0.15) is 12.6 Å². The number of sulfonamides is 1. The van der Waals surface area contributed by atoms with Crippen LogP contribution in [0.3, 0.4) is 0 Å². The molecule has 1 fully saturated rings. The van der Waals surface area contributed by atoms with Crippen LogP contribution < -0.4 is 0 Å². The SMILES string of the molecule is CC1(C)C(=O)N(CC(CS)c2ccccc2)S1(=O)=O. The minimum absolute atomic E-state index is 0.0839. The summed E-state index contributed by atoms with van der Waals surface area (Å²) in [6.45, 7) is 3.05. The van der Waals surface area contributed by atoms with Crippen molar-refractivity contribution in [2.24, 2.45) is 0 Å².